The minimum Gasteiger partial charge on any atom is -0.487 e. The maximum atomic E-state index is 13.0. The van der Waals surface area contributed by atoms with E-state index in [1.165, 1.54) is 0 Å². The van der Waals surface area contributed by atoms with E-state index in [0.29, 0.717) is 44.2 Å². The Bertz CT molecular complexity index is 893. The van der Waals surface area contributed by atoms with Gasteiger partial charge < -0.3 is 15.0 Å². The Kier molecular flexibility index (Phi) is 6.46. The Hall–Kier alpha value is -3.00. The summed E-state index contributed by atoms with van der Waals surface area (Å²) in [6.45, 7) is 6.87. The van der Waals surface area contributed by atoms with Gasteiger partial charge in [-0.1, -0.05) is 13.8 Å². The molecular weight excluding hydrogens is 394 g/mol. The van der Waals surface area contributed by atoms with E-state index in [9.17, 15) is 9.59 Å². The number of aromatic nitrogens is 2. The van der Waals surface area contributed by atoms with E-state index in [2.05, 4.69) is 29.4 Å². The topological polar surface area (TPSA) is 87.7 Å². The smallest absolute Gasteiger partial charge is 0.237 e. The third-order valence-corrected chi connectivity index (χ3v) is 5.71. The molecular formula is C23H29N5O3. The molecule has 2 aliphatic heterocycles. The van der Waals surface area contributed by atoms with Gasteiger partial charge in [-0.3, -0.25) is 14.5 Å². The molecule has 8 heteroatoms. The maximum absolute atomic E-state index is 13.0. The Labute approximate surface area is 182 Å². The van der Waals surface area contributed by atoms with Crippen LogP contribution in [0.15, 0.2) is 42.7 Å². The van der Waals surface area contributed by atoms with Crippen LogP contribution in [-0.2, 0) is 9.59 Å². The number of anilines is 2. The molecule has 2 aromatic rings. The molecule has 2 amide bonds. The van der Waals surface area contributed by atoms with E-state index in [-0.39, 0.29) is 23.8 Å². The number of benzene rings is 1. The Morgan fingerprint density at radius 3 is 2.45 bits per heavy atom. The second-order valence-electron chi connectivity index (χ2n) is 8.59. The van der Waals surface area contributed by atoms with Crippen molar-refractivity contribution in [2.75, 3.05) is 31.1 Å². The SMILES string of the molecule is CC(C)CCC(=O)N1CC(Oc2ccc(N(C(=O)C3CNC3)c3ccnnc3)cc2)C1. The van der Waals surface area contributed by atoms with Gasteiger partial charge in [0.05, 0.1) is 37.1 Å². The van der Waals surface area contributed by atoms with Crippen LogP contribution in [0.3, 0.4) is 0 Å². The molecule has 3 heterocycles. The molecule has 0 radical (unpaired) electrons. The summed E-state index contributed by atoms with van der Waals surface area (Å²) < 4.78 is 6.01. The number of likely N-dealkylation sites (tertiary alicyclic amines) is 1. The van der Waals surface area contributed by atoms with Gasteiger partial charge in [0.2, 0.25) is 11.8 Å². The number of rotatable bonds is 8. The maximum Gasteiger partial charge on any atom is 0.237 e. The Morgan fingerprint density at radius 1 is 1.13 bits per heavy atom. The molecule has 164 valence electrons. The first kappa shape index (κ1) is 21.2. The van der Waals surface area contributed by atoms with Crippen molar-refractivity contribution in [3.05, 3.63) is 42.7 Å². The lowest BCUT2D eigenvalue weighted by molar-refractivity contribution is -0.140. The highest BCUT2D eigenvalue weighted by Crippen LogP contribution is 2.30. The van der Waals surface area contributed by atoms with Crippen molar-refractivity contribution in [2.45, 2.75) is 32.8 Å². The summed E-state index contributed by atoms with van der Waals surface area (Å²) in [5.41, 5.74) is 1.45. The summed E-state index contributed by atoms with van der Waals surface area (Å²) in [5.74, 6) is 1.46. The quantitative estimate of drug-likeness (QED) is 0.702. The molecule has 8 nitrogen and oxygen atoms in total. The summed E-state index contributed by atoms with van der Waals surface area (Å²) in [5, 5.41) is 10.9. The van der Waals surface area contributed by atoms with Crippen LogP contribution >= 0.6 is 0 Å². The molecule has 0 spiro atoms. The van der Waals surface area contributed by atoms with Crippen molar-refractivity contribution in [1.29, 1.82) is 0 Å². The van der Waals surface area contributed by atoms with Gasteiger partial charge in [0.1, 0.15) is 11.9 Å². The minimum atomic E-state index is -0.0433. The normalized spacial score (nSPS) is 16.5. The van der Waals surface area contributed by atoms with Crippen LogP contribution in [-0.4, -0.2) is 59.2 Å². The van der Waals surface area contributed by atoms with Crippen LogP contribution in [0.2, 0.25) is 0 Å². The molecule has 2 fully saturated rings. The average Bonchev–Trinajstić information content (AvgIpc) is 2.69. The monoisotopic (exact) mass is 423 g/mol. The number of hydrogen-bond acceptors (Lipinski definition) is 6. The Balaban J connectivity index is 1.37. The molecule has 0 saturated carbocycles. The molecule has 1 aromatic carbocycles. The van der Waals surface area contributed by atoms with Crippen molar-refractivity contribution in [1.82, 2.24) is 20.4 Å². The standard InChI is InChI=1S/C23H29N5O3/c1-16(2)3-8-22(29)27-14-21(15-27)31-20-6-4-18(5-7-20)28(19-9-10-25-26-13-19)23(30)17-11-24-12-17/h4-7,9-10,13,16-17,21,24H,3,8,11-12,14-15H2,1-2H3. The van der Waals surface area contributed by atoms with Gasteiger partial charge in [-0.25, -0.2) is 0 Å². The summed E-state index contributed by atoms with van der Waals surface area (Å²) in [6.07, 6.45) is 4.70. The van der Waals surface area contributed by atoms with Crippen LogP contribution in [0.4, 0.5) is 11.4 Å². The predicted molar refractivity (Wildman–Crippen MR) is 117 cm³/mol. The number of nitrogens with one attached hydrogen (secondary N) is 1. The highest BCUT2D eigenvalue weighted by atomic mass is 16.5. The summed E-state index contributed by atoms with van der Waals surface area (Å²) >= 11 is 0. The van der Waals surface area contributed by atoms with Gasteiger partial charge in [-0.15, -0.1) is 0 Å². The van der Waals surface area contributed by atoms with Crippen molar-refractivity contribution >= 4 is 23.2 Å². The van der Waals surface area contributed by atoms with E-state index in [4.69, 9.17) is 4.74 Å². The fraction of sp³-hybridized carbons (Fsp3) is 0.478. The number of ether oxygens (including phenoxy) is 1. The summed E-state index contributed by atoms with van der Waals surface area (Å²) in [4.78, 5) is 28.7. The number of amides is 2. The van der Waals surface area contributed by atoms with Gasteiger partial charge in [0.15, 0.2) is 0 Å². The van der Waals surface area contributed by atoms with Gasteiger partial charge >= 0.3 is 0 Å². The molecule has 0 unspecified atom stereocenters. The zero-order chi connectivity index (χ0) is 21.8. The molecule has 31 heavy (non-hydrogen) atoms. The second kappa shape index (κ2) is 9.43. The number of hydrogen-bond donors (Lipinski definition) is 1. The minimum absolute atomic E-state index is 0.0111. The molecule has 0 bridgehead atoms. The summed E-state index contributed by atoms with van der Waals surface area (Å²) in [7, 11) is 0. The van der Waals surface area contributed by atoms with Crippen LogP contribution in [0.25, 0.3) is 0 Å². The van der Waals surface area contributed by atoms with E-state index in [0.717, 1.165) is 17.9 Å². The van der Waals surface area contributed by atoms with Crippen LogP contribution in [0.5, 0.6) is 5.75 Å². The lowest BCUT2D eigenvalue weighted by Crippen LogP contribution is -2.56. The van der Waals surface area contributed by atoms with Gasteiger partial charge in [0.25, 0.3) is 0 Å². The van der Waals surface area contributed by atoms with E-state index >= 15 is 0 Å². The fourth-order valence-electron chi connectivity index (χ4n) is 3.62. The first-order chi connectivity index (χ1) is 15.0. The molecule has 1 N–H and O–H groups in total. The van der Waals surface area contributed by atoms with Gasteiger partial charge in [-0.05, 0) is 42.7 Å². The molecule has 0 atom stereocenters. The summed E-state index contributed by atoms with van der Waals surface area (Å²) in [6, 6.07) is 9.27. The van der Waals surface area contributed by atoms with E-state index in [1.807, 2.05) is 29.2 Å². The number of nitrogens with zero attached hydrogens (tertiary/aromatic N) is 4. The highest BCUT2D eigenvalue weighted by Gasteiger charge is 2.33. The largest absolute Gasteiger partial charge is 0.487 e. The highest BCUT2D eigenvalue weighted by molar-refractivity contribution is 6.02. The first-order valence-corrected chi connectivity index (χ1v) is 10.9. The third-order valence-electron chi connectivity index (χ3n) is 5.71. The predicted octanol–water partition coefficient (Wildman–Crippen LogP) is 2.39. The van der Waals surface area contributed by atoms with Crippen molar-refractivity contribution in [2.24, 2.45) is 11.8 Å². The third kappa shape index (κ3) is 5.02. The number of carbonyl (C=O) groups is 2. The van der Waals surface area contributed by atoms with Gasteiger partial charge in [0, 0.05) is 25.2 Å². The van der Waals surface area contributed by atoms with Crippen LogP contribution in [0.1, 0.15) is 26.7 Å². The van der Waals surface area contributed by atoms with Crippen molar-refractivity contribution in [3.8, 4) is 5.75 Å². The zero-order valence-electron chi connectivity index (χ0n) is 18.0. The first-order valence-electron chi connectivity index (χ1n) is 10.9. The molecule has 2 aliphatic rings. The van der Waals surface area contributed by atoms with Crippen molar-refractivity contribution < 1.29 is 14.3 Å². The van der Waals surface area contributed by atoms with E-state index < -0.39 is 0 Å². The molecule has 4 rings (SSSR count). The fourth-order valence-corrected chi connectivity index (χ4v) is 3.62. The Morgan fingerprint density at radius 2 is 1.87 bits per heavy atom. The lowest BCUT2D eigenvalue weighted by atomic mass is 10.0. The van der Waals surface area contributed by atoms with Crippen molar-refractivity contribution in [3.63, 3.8) is 0 Å². The second-order valence-corrected chi connectivity index (χ2v) is 8.59. The van der Waals surface area contributed by atoms with Crippen LogP contribution in [0, 0.1) is 11.8 Å². The van der Waals surface area contributed by atoms with Crippen LogP contribution < -0.4 is 15.0 Å². The molecule has 2 saturated heterocycles. The molecule has 0 aliphatic carbocycles. The molecule has 1 aromatic heterocycles. The number of carbonyl (C=O) groups excluding carboxylic acids is 2. The van der Waals surface area contributed by atoms with Gasteiger partial charge in [-0.2, -0.15) is 10.2 Å². The zero-order valence-corrected chi connectivity index (χ0v) is 18.0. The lowest BCUT2D eigenvalue weighted by Gasteiger charge is -2.39. The van der Waals surface area contributed by atoms with E-state index in [1.54, 1.807) is 23.4 Å². The average molecular weight is 424 g/mol.